The van der Waals surface area contributed by atoms with Crippen LogP contribution in [0.1, 0.15) is 0 Å². The Balaban J connectivity index is 2.29. The first kappa shape index (κ1) is 14.8. The molecule has 6 heteroatoms. The number of benzene rings is 2. The van der Waals surface area contributed by atoms with E-state index >= 15 is 0 Å². The van der Waals surface area contributed by atoms with Gasteiger partial charge >= 0.3 is 0 Å². The van der Waals surface area contributed by atoms with Gasteiger partial charge in [0.25, 0.3) is 0 Å². The summed E-state index contributed by atoms with van der Waals surface area (Å²) in [7, 11) is 2.81. The fraction of sp³-hybridized carbons (Fsp3) is 0.118. The molecule has 0 unspecified atom stereocenters. The van der Waals surface area contributed by atoms with Crippen molar-refractivity contribution in [1.82, 2.24) is 0 Å². The summed E-state index contributed by atoms with van der Waals surface area (Å²) in [5.41, 5.74) is 0.428. The van der Waals surface area contributed by atoms with E-state index in [4.69, 9.17) is 13.9 Å². The molecule has 3 aromatic rings. The van der Waals surface area contributed by atoms with Crippen molar-refractivity contribution in [2.24, 2.45) is 0 Å². The highest BCUT2D eigenvalue weighted by Gasteiger charge is 2.15. The number of phenolic OH excluding ortho intramolecular Hbond substituents is 2. The van der Waals surface area contributed by atoms with Crippen LogP contribution in [0.5, 0.6) is 23.0 Å². The van der Waals surface area contributed by atoms with Crippen LogP contribution >= 0.6 is 0 Å². The van der Waals surface area contributed by atoms with Crippen LogP contribution in [0.3, 0.4) is 0 Å². The molecule has 0 aliphatic heterocycles. The zero-order chi connectivity index (χ0) is 16.6. The Morgan fingerprint density at radius 3 is 2.39 bits per heavy atom. The molecule has 0 spiro atoms. The predicted molar refractivity (Wildman–Crippen MR) is 84.4 cm³/mol. The molecular formula is C17H14O6. The standard InChI is InChI=1S/C17H14O6/c1-21-15-7-9(3-5-11(15)18)14-8-13(20)10-4-6-12(19)17(22-2)16(10)23-14/h3-8,18-19H,1-2H3. The lowest BCUT2D eigenvalue weighted by Crippen LogP contribution is -2.01. The number of hydrogen-bond acceptors (Lipinski definition) is 6. The summed E-state index contributed by atoms with van der Waals surface area (Å²) in [4.78, 5) is 12.3. The Labute approximate surface area is 131 Å². The number of rotatable bonds is 3. The van der Waals surface area contributed by atoms with Crippen LogP contribution in [0.4, 0.5) is 0 Å². The summed E-state index contributed by atoms with van der Waals surface area (Å²) in [6.07, 6.45) is 0. The van der Waals surface area contributed by atoms with Crippen LogP contribution in [0.2, 0.25) is 0 Å². The van der Waals surface area contributed by atoms with E-state index in [2.05, 4.69) is 0 Å². The zero-order valence-electron chi connectivity index (χ0n) is 12.5. The number of ether oxygens (including phenoxy) is 2. The molecule has 0 amide bonds. The molecule has 2 aromatic carbocycles. The molecular weight excluding hydrogens is 300 g/mol. The van der Waals surface area contributed by atoms with Crippen LogP contribution in [0, 0.1) is 0 Å². The van der Waals surface area contributed by atoms with E-state index in [0.29, 0.717) is 10.9 Å². The minimum absolute atomic E-state index is 0.0189. The van der Waals surface area contributed by atoms with Crippen LogP contribution in [-0.4, -0.2) is 24.4 Å². The molecule has 0 aliphatic carbocycles. The highest BCUT2D eigenvalue weighted by Crippen LogP contribution is 2.36. The van der Waals surface area contributed by atoms with Crippen molar-refractivity contribution >= 4 is 11.0 Å². The average molecular weight is 314 g/mol. The summed E-state index contributed by atoms with van der Waals surface area (Å²) in [5, 5.41) is 19.8. The average Bonchev–Trinajstić information content (AvgIpc) is 2.55. The summed E-state index contributed by atoms with van der Waals surface area (Å²) in [6.45, 7) is 0. The minimum Gasteiger partial charge on any atom is -0.504 e. The molecule has 1 aromatic heterocycles. The number of fused-ring (bicyclic) bond motifs is 1. The lowest BCUT2D eigenvalue weighted by Gasteiger charge is -2.09. The van der Waals surface area contributed by atoms with Gasteiger partial charge in [-0.3, -0.25) is 4.79 Å². The Bertz CT molecular complexity index is 942. The number of methoxy groups -OCH3 is 2. The fourth-order valence-corrected chi connectivity index (χ4v) is 2.35. The van der Waals surface area contributed by atoms with E-state index in [1.54, 1.807) is 12.1 Å². The van der Waals surface area contributed by atoms with Crippen molar-refractivity contribution in [3.8, 4) is 34.3 Å². The van der Waals surface area contributed by atoms with Gasteiger partial charge in [0.15, 0.2) is 28.3 Å². The van der Waals surface area contributed by atoms with Crippen molar-refractivity contribution in [3.05, 3.63) is 46.6 Å². The van der Waals surface area contributed by atoms with Crippen LogP contribution in [0.25, 0.3) is 22.3 Å². The second-order valence-electron chi connectivity index (χ2n) is 4.86. The van der Waals surface area contributed by atoms with Crippen LogP contribution in [0.15, 0.2) is 45.6 Å². The molecule has 0 saturated heterocycles. The highest BCUT2D eigenvalue weighted by molar-refractivity contribution is 5.86. The molecule has 23 heavy (non-hydrogen) atoms. The normalized spacial score (nSPS) is 10.7. The molecule has 2 N–H and O–H groups in total. The quantitative estimate of drug-likeness (QED) is 0.772. The maximum absolute atomic E-state index is 12.3. The number of phenols is 2. The van der Waals surface area contributed by atoms with Crippen molar-refractivity contribution < 1.29 is 24.1 Å². The monoisotopic (exact) mass is 314 g/mol. The molecule has 0 saturated carbocycles. The topological polar surface area (TPSA) is 89.1 Å². The summed E-state index contributed by atoms with van der Waals surface area (Å²) >= 11 is 0. The van der Waals surface area contributed by atoms with E-state index in [0.717, 1.165) is 0 Å². The van der Waals surface area contributed by atoms with E-state index < -0.39 is 0 Å². The molecule has 6 nitrogen and oxygen atoms in total. The molecule has 0 bridgehead atoms. The molecule has 0 radical (unpaired) electrons. The van der Waals surface area contributed by atoms with Gasteiger partial charge in [0.2, 0.25) is 5.75 Å². The van der Waals surface area contributed by atoms with Crippen molar-refractivity contribution in [2.75, 3.05) is 14.2 Å². The fourth-order valence-electron chi connectivity index (χ4n) is 2.35. The highest BCUT2D eigenvalue weighted by atomic mass is 16.5. The van der Waals surface area contributed by atoms with Gasteiger partial charge in [-0.1, -0.05) is 0 Å². The van der Waals surface area contributed by atoms with Gasteiger partial charge in [-0.05, 0) is 30.3 Å². The first-order chi connectivity index (χ1) is 11.0. The SMILES string of the molecule is COc1cc(-c2cc(=O)c3ccc(O)c(OC)c3o2)ccc1O. The van der Waals surface area contributed by atoms with Gasteiger partial charge in [-0.15, -0.1) is 0 Å². The van der Waals surface area contributed by atoms with Crippen molar-refractivity contribution in [1.29, 1.82) is 0 Å². The first-order valence-corrected chi connectivity index (χ1v) is 6.76. The van der Waals surface area contributed by atoms with Gasteiger partial charge in [0, 0.05) is 11.6 Å². The Hall–Kier alpha value is -3.15. The number of aromatic hydroxyl groups is 2. The predicted octanol–water partition coefficient (Wildman–Crippen LogP) is 2.89. The first-order valence-electron chi connectivity index (χ1n) is 6.76. The molecule has 0 fully saturated rings. The molecule has 118 valence electrons. The van der Waals surface area contributed by atoms with E-state index in [9.17, 15) is 15.0 Å². The second-order valence-corrected chi connectivity index (χ2v) is 4.86. The maximum Gasteiger partial charge on any atom is 0.204 e. The Morgan fingerprint density at radius 2 is 1.70 bits per heavy atom. The third-order valence-corrected chi connectivity index (χ3v) is 3.50. The molecule has 1 heterocycles. The van der Waals surface area contributed by atoms with Crippen molar-refractivity contribution in [2.45, 2.75) is 0 Å². The third kappa shape index (κ3) is 2.44. The lowest BCUT2D eigenvalue weighted by molar-refractivity contribution is 0.370. The van der Waals surface area contributed by atoms with Gasteiger partial charge in [0.1, 0.15) is 5.76 Å². The largest absolute Gasteiger partial charge is 0.504 e. The second kappa shape index (κ2) is 5.57. The van der Waals surface area contributed by atoms with Crippen molar-refractivity contribution in [3.63, 3.8) is 0 Å². The molecule has 0 aliphatic rings. The zero-order valence-corrected chi connectivity index (χ0v) is 12.5. The third-order valence-electron chi connectivity index (χ3n) is 3.50. The summed E-state index contributed by atoms with van der Waals surface area (Å²) < 4.78 is 15.9. The number of hydrogen-bond donors (Lipinski definition) is 2. The van der Waals surface area contributed by atoms with Crippen LogP contribution in [-0.2, 0) is 0 Å². The lowest BCUT2D eigenvalue weighted by atomic mass is 10.1. The molecule has 3 rings (SSSR count). The Kier molecular flexibility index (Phi) is 3.57. The van der Waals surface area contributed by atoms with Gasteiger partial charge in [-0.25, -0.2) is 0 Å². The maximum atomic E-state index is 12.3. The smallest absolute Gasteiger partial charge is 0.204 e. The summed E-state index contributed by atoms with van der Waals surface area (Å²) in [5.74, 6) is 0.475. The van der Waals surface area contributed by atoms with Gasteiger partial charge < -0.3 is 24.1 Å². The minimum atomic E-state index is -0.272. The van der Waals surface area contributed by atoms with E-state index in [1.165, 1.54) is 38.5 Å². The molecule has 0 atom stereocenters. The van der Waals surface area contributed by atoms with Gasteiger partial charge in [-0.2, -0.15) is 0 Å². The van der Waals surface area contributed by atoms with E-state index in [-0.39, 0.29) is 39.8 Å². The Morgan fingerprint density at radius 1 is 0.957 bits per heavy atom. The summed E-state index contributed by atoms with van der Waals surface area (Å²) in [6, 6.07) is 8.77. The van der Waals surface area contributed by atoms with E-state index in [1.807, 2.05) is 0 Å². The van der Waals surface area contributed by atoms with Gasteiger partial charge in [0.05, 0.1) is 19.6 Å². The van der Waals surface area contributed by atoms with Crippen LogP contribution < -0.4 is 14.9 Å².